The van der Waals surface area contributed by atoms with E-state index in [1.165, 1.54) is 19.4 Å². The minimum atomic E-state index is 0.555. The highest BCUT2D eigenvalue weighted by molar-refractivity contribution is 5.77. The van der Waals surface area contributed by atoms with E-state index in [0.717, 1.165) is 36.2 Å². The van der Waals surface area contributed by atoms with Crippen molar-refractivity contribution in [3.63, 3.8) is 0 Å². The van der Waals surface area contributed by atoms with Crippen LogP contribution in [0.3, 0.4) is 0 Å². The summed E-state index contributed by atoms with van der Waals surface area (Å²) in [6, 6.07) is 0.555. The van der Waals surface area contributed by atoms with E-state index < -0.39 is 0 Å². The molecule has 0 aliphatic carbocycles. The Hall–Kier alpha value is -1.56. The predicted octanol–water partition coefficient (Wildman–Crippen LogP) is 1.40. The van der Waals surface area contributed by atoms with Gasteiger partial charge in [0.1, 0.15) is 5.52 Å². The Morgan fingerprint density at radius 2 is 2.15 bits per heavy atom. The van der Waals surface area contributed by atoms with Gasteiger partial charge < -0.3 is 10.6 Å². The Kier molecular flexibility index (Phi) is 3.41. The van der Waals surface area contributed by atoms with Crippen LogP contribution in [0.4, 0.5) is 5.95 Å². The van der Waals surface area contributed by atoms with Crippen LogP contribution < -0.4 is 5.73 Å². The van der Waals surface area contributed by atoms with Crippen LogP contribution >= 0.6 is 0 Å². The lowest BCUT2D eigenvalue weighted by Gasteiger charge is -2.20. The number of nitrogens with zero attached hydrogens (tertiary/aromatic N) is 5. The summed E-state index contributed by atoms with van der Waals surface area (Å²) in [6.07, 6.45) is 4.53. The maximum absolute atomic E-state index is 6.15. The summed E-state index contributed by atoms with van der Waals surface area (Å²) in [5.41, 5.74) is 9.25. The number of hydrogen-bond acceptors (Lipinski definition) is 4. The lowest BCUT2D eigenvalue weighted by Crippen LogP contribution is -2.30. The van der Waals surface area contributed by atoms with Crippen LogP contribution in [-0.2, 0) is 20.0 Å². The molecule has 2 aromatic rings. The zero-order chi connectivity index (χ0) is 14.3. The number of nitrogens with two attached hydrogens (primary N) is 1. The number of likely N-dealkylation sites (N-methyl/N-ethyl adjacent to an activating group) is 1. The first-order valence-electron chi connectivity index (χ1n) is 7.49. The van der Waals surface area contributed by atoms with Gasteiger partial charge in [-0.2, -0.15) is 5.10 Å². The van der Waals surface area contributed by atoms with Crippen molar-refractivity contribution in [2.24, 2.45) is 7.05 Å². The molecule has 0 bridgehead atoms. The fourth-order valence-electron chi connectivity index (χ4n) is 3.26. The second-order valence-electron chi connectivity index (χ2n) is 5.85. The van der Waals surface area contributed by atoms with Gasteiger partial charge in [0.2, 0.25) is 5.95 Å². The van der Waals surface area contributed by atoms with Gasteiger partial charge in [0.25, 0.3) is 0 Å². The monoisotopic (exact) mass is 276 g/mol. The van der Waals surface area contributed by atoms with E-state index in [9.17, 15) is 0 Å². The van der Waals surface area contributed by atoms with E-state index in [2.05, 4.69) is 33.5 Å². The third kappa shape index (κ3) is 2.08. The zero-order valence-electron chi connectivity index (χ0n) is 12.6. The highest BCUT2D eigenvalue weighted by Crippen LogP contribution is 2.25. The molecule has 1 fully saturated rings. The van der Waals surface area contributed by atoms with E-state index in [1.807, 2.05) is 11.7 Å². The molecule has 110 valence electrons. The zero-order valence-corrected chi connectivity index (χ0v) is 12.6. The van der Waals surface area contributed by atoms with Gasteiger partial charge in [0.15, 0.2) is 5.65 Å². The molecule has 1 aliphatic heterocycles. The van der Waals surface area contributed by atoms with Gasteiger partial charge in [0.05, 0.1) is 5.69 Å². The number of fused-ring (bicyclic) bond motifs is 1. The average molecular weight is 276 g/mol. The Bertz CT molecular complexity index is 611. The first-order valence-corrected chi connectivity index (χ1v) is 7.49. The van der Waals surface area contributed by atoms with Crippen molar-refractivity contribution < 1.29 is 0 Å². The van der Waals surface area contributed by atoms with Crippen LogP contribution in [0, 0.1) is 0 Å². The molecule has 3 heterocycles. The highest BCUT2D eigenvalue weighted by atomic mass is 15.4. The van der Waals surface area contributed by atoms with Gasteiger partial charge >= 0.3 is 0 Å². The maximum Gasteiger partial charge on any atom is 0.202 e. The second kappa shape index (κ2) is 5.09. The Labute approximate surface area is 119 Å². The molecule has 6 heteroatoms. The molecule has 2 aromatic heterocycles. The van der Waals surface area contributed by atoms with Crippen molar-refractivity contribution in [1.29, 1.82) is 0 Å². The molecule has 0 radical (unpaired) electrons. The van der Waals surface area contributed by atoms with Crippen molar-refractivity contribution in [3.05, 3.63) is 5.69 Å². The van der Waals surface area contributed by atoms with E-state index in [1.54, 1.807) is 0 Å². The summed E-state index contributed by atoms with van der Waals surface area (Å²) < 4.78 is 4.06. The summed E-state index contributed by atoms with van der Waals surface area (Å²) in [7, 11) is 4.17. The normalized spacial score (nSPS) is 20.2. The molecule has 0 aromatic carbocycles. The van der Waals surface area contributed by atoms with Crippen LogP contribution in [0.25, 0.3) is 11.2 Å². The highest BCUT2D eigenvalue weighted by Gasteiger charge is 2.25. The molecular formula is C14H24N6. The maximum atomic E-state index is 6.15. The minimum Gasteiger partial charge on any atom is -0.369 e. The topological polar surface area (TPSA) is 64.9 Å². The minimum absolute atomic E-state index is 0.555. The SMILES string of the molecule is CCCc1nn(C)c2c1nc(N)n2CC1CCCN1C. The molecule has 20 heavy (non-hydrogen) atoms. The third-order valence-electron chi connectivity index (χ3n) is 4.37. The number of anilines is 1. The number of aromatic nitrogens is 4. The van der Waals surface area contributed by atoms with E-state index in [0.29, 0.717) is 12.0 Å². The van der Waals surface area contributed by atoms with Crippen molar-refractivity contribution in [3.8, 4) is 0 Å². The van der Waals surface area contributed by atoms with Crippen molar-refractivity contribution >= 4 is 17.1 Å². The number of aryl methyl sites for hydroxylation is 2. The van der Waals surface area contributed by atoms with Crippen molar-refractivity contribution in [2.75, 3.05) is 19.3 Å². The number of likely N-dealkylation sites (tertiary alicyclic amines) is 1. The van der Waals surface area contributed by atoms with Gasteiger partial charge in [-0.15, -0.1) is 0 Å². The predicted molar refractivity (Wildman–Crippen MR) is 80.6 cm³/mol. The standard InChI is InChI=1S/C14H24N6/c1-4-6-11-12-13(19(3)17-11)20(14(15)16-12)9-10-7-5-8-18(10)2/h10H,4-9H2,1-3H3,(H2,15,16). The lowest BCUT2D eigenvalue weighted by molar-refractivity contribution is 0.284. The molecule has 1 atom stereocenters. The van der Waals surface area contributed by atoms with E-state index in [-0.39, 0.29) is 0 Å². The number of rotatable bonds is 4. The molecule has 2 N–H and O–H groups in total. The molecule has 3 rings (SSSR count). The molecule has 1 unspecified atom stereocenters. The van der Waals surface area contributed by atoms with E-state index >= 15 is 0 Å². The average Bonchev–Trinajstić information content (AvgIpc) is 3.02. The number of nitrogen functional groups attached to an aromatic ring is 1. The van der Waals surface area contributed by atoms with Gasteiger partial charge in [-0.3, -0.25) is 9.25 Å². The van der Waals surface area contributed by atoms with Gasteiger partial charge in [-0.1, -0.05) is 13.3 Å². The van der Waals surface area contributed by atoms with Gasteiger partial charge in [0, 0.05) is 19.6 Å². The Balaban J connectivity index is 1.99. The van der Waals surface area contributed by atoms with Gasteiger partial charge in [-0.05, 0) is 32.9 Å². The molecule has 1 saturated heterocycles. The first-order chi connectivity index (χ1) is 9.61. The number of imidazole rings is 1. The summed E-state index contributed by atoms with van der Waals surface area (Å²) in [5.74, 6) is 0.616. The summed E-state index contributed by atoms with van der Waals surface area (Å²) in [4.78, 5) is 6.97. The quantitative estimate of drug-likeness (QED) is 0.916. The summed E-state index contributed by atoms with van der Waals surface area (Å²) >= 11 is 0. The molecule has 0 amide bonds. The second-order valence-corrected chi connectivity index (χ2v) is 5.85. The van der Waals surface area contributed by atoms with Crippen LogP contribution in [0.15, 0.2) is 0 Å². The van der Waals surface area contributed by atoms with Crippen molar-refractivity contribution in [1.82, 2.24) is 24.2 Å². The van der Waals surface area contributed by atoms with Crippen molar-refractivity contribution in [2.45, 2.75) is 45.2 Å². The van der Waals surface area contributed by atoms with Crippen LogP contribution in [-0.4, -0.2) is 43.9 Å². The van der Waals surface area contributed by atoms with E-state index in [4.69, 9.17) is 5.73 Å². The molecule has 0 saturated carbocycles. The lowest BCUT2D eigenvalue weighted by atomic mass is 10.2. The fourth-order valence-corrected chi connectivity index (χ4v) is 3.26. The summed E-state index contributed by atoms with van der Waals surface area (Å²) in [5, 5.41) is 4.60. The Morgan fingerprint density at radius 1 is 1.35 bits per heavy atom. The first kappa shape index (κ1) is 13.4. The van der Waals surface area contributed by atoms with Crippen LogP contribution in [0.2, 0.25) is 0 Å². The smallest absolute Gasteiger partial charge is 0.202 e. The number of hydrogen-bond donors (Lipinski definition) is 1. The fraction of sp³-hybridized carbons (Fsp3) is 0.714. The summed E-state index contributed by atoms with van der Waals surface area (Å²) in [6.45, 7) is 4.24. The Morgan fingerprint density at radius 3 is 2.80 bits per heavy atom. The van der Waals surface area contributed by atoms with Crippen LogP contribution in [0.5, 0.6) is 0 Å². The molecule has 0 spiro atoms. The van der Waals surface area contributed by atoms with Gasteiger partial charge in [-0.25, -0.2) is 4.98 Å². The largest absolute Gasteiger partial charge is 0.369 e. The third-order valence-corrected chi connectivity index (χ3v) is 4.37. The van der Waals surface area contributed by atoms with Crippen LogP contribution in [0.1, 0.15) is 31.9 Å². The molecule has 1 aliphatic rings. The molecular weight excluding hydrogens is 252 g/mol. The molecule has 6 nitrogen and oxygen atoms in total.